The van der Waals surface area contributed by atoms with Gasteiger partial charge in [0.05, 0.1) is 4.70 Å². The number of piperidine rings is 1. The number of fused-ring (bicyclic) bond motifs is 1. The van der Waals surface area contributed by atoms with Crippen molar-refractivity contribution in [2.45, 2.75) is 19.3 Å². The fourth-order valence-corrected chi connectivity index (χ4v) is 3.17. The smallest absolute Gasteiger partial charge is 0.0552 e. The van der Waals surface area contributed by atoms with Gasteiger partial charge in [-0.05, 0) is 61.4 Å². The molecule has 2 heterocycles. The third kappa shape index (κ3) is 2.11. The first-order valence-corrected chi connectivity index (χ1v) is 6.73. The van der Waals surface area contributed by atoms with Crippen molar-refractivity contribution in [1.82, 2.24) is 9.69 Å². The Kier molecular flexibility index (Phi) is 2.89. The van der Waals surface area contributed by atoms with Crippen LogP contribution in [0.1, 0.15) is 18.4 Å². The lowest BCUT2D eigenvalue weighted by molar-refractivity contribution is 0.376. The standard InChI is InChI=1S/C13H16N2S/c1-2-11(8-14-5-1)6-10-3-4-12-9-15-16-13(12)7-10/h3-4,7,9,11,14H,1-2,5-6,8H2. The number of rotatable bonds is 2. The Morgan fingerprint density at radius 2 is 2.44 bits per heavy atom. The molecule has 0 amide bonds. The van der Waals surface area contributed by atoms with E-state index in [1.165, 1.54) is 48.0 Å². The Labute approximate surface area is 99.8 Å². The molecule has 1 unspecified atom stereocenters. The van der Waals surface area contributed by atoms with E-state index in [1.54, 1.807) is 11.5 Å². The maximum absolute atomic E-state index is 4.22. The number of aromatic nitrogens is 1. The number of hydrogen-bond donors (Lipinski definition) is 1. The number of hydrogen-bond acceptors (Lipinski definition) is 3. The molecule has 1 aromatic heterocycles. The van der Waals surface area contributed by atoms with Crippen molar-refractivity contribution in [3.05, 3.63) is 30.0 Å². The predicted octanol–water partition coefficient (Wildman–Crippen LogP) is 2.84. The Balaban J connectivity index is 1.77. The van der Waals surface area contributed by atoms with Gasteiger partial charge in [-0.3, -0.25) is 0 Å². The summed E-state index contributed by atoms with van der Waals surface area (Å²) in [7, 11) is 0. The van der Waals surface area contributed by atoms with Gasteiger partial charge in [0, 0.05) is 11.6 Å². The Morgan fingerprint density at radius 1 is 1.44 bits per heavy atom. The Hall–Kier alpha value is -0.930. The topological polar surface area (TPSA) is 24.9 Å². The molecule has 0 bridgehead atoms. The van der Waals surface area contributed by atoms with Gasteiger partial charge in [0.1, 0.15) is 0 Å². The first-order valence-electron chi connectivity index (χ1n) is 5.96. The molecule has 1 fully saturated rings. The van der Waals surface area contributed by atoms with Gasteiger partial charge in [-0.2, -0.15) is 4.37 Å². The Bertz CT molecular complexity index is 471. The molecular formula is C13H16N2S. The summed E-state index contributed by atoms with van der Waals surface area (Å²) in [5.41, 5.74) is 1.46. The van der Waals surface area contributed by atoms with E-state index in [1.807, 2.05) is 6.20 Å². The fraction of sp³-hybridized carbons (Fsp3) is 0.462. The van der Waals surface area contributed by atoms with Crippen LogP contribution >= 0.6 is 11.5 Å². The van der Waals surface area contributed by atoms with Crippen LogP contribution in [0, 0.1) is 5.92 Å². The van der Waals surface area contributed by atoms with E-state index in [4.69, 9.17) is 0 Å². The summed E-state index contributed by atoms with van der Waals surface area (Å²) in [5, 5.41) is 4.75. The molecule has 0 spiro atoms. The van der Waals surface area contributed by atoms with Crippen LogP contribution in [0.4, 0.5) is 0 Å². The molecule has 0 aliphatic carbocycles. The van der Waals surface area contributed by atoms with Crippen LogP contribution in [0.25, 0.3) is 10.1 Å². The fourth-order valence-electron chi connectivity index (χ4n) is 2.46. The highest BCUT2D eigenvalue weighted by Crippen LogP contribution is 2.22. The van der Waals surface area contributed by atoms with Gasteiger partial charge < -0.3 is 5.32 Å². The molecule has 0 saturated carbocycles. The minimum absolute atomic E-state index is 0.819. The monoisotopic (exact) mass is 232 g/mol. The summed E-state index contributed by atoms with van der Waals surface area (Å²) in [6, 6.07) is 6.76. The zero-order chi connectivity index (χ0) is 10.8. The quantitative estimate of drug-likeness (QED) is 0.861. The minimum atomic E-state index is 0.819. The largest absolute Gasteiger partial charge is 0.316 e. The lowest BCUT2D eigenvalue weighted by atomic mass is 9.92. The average molecular weight is 232 g/mol. The first kappa shape index (κ1) is 10.2. The molecule has 1 N–H and O–H groups in total. The van der Waals surface area contributed by atoms with Crippen LogP contribution in [-0.2, 0) is 6.42 Å². The Morgan fingerprint density at radius 3 is 3.31 bits per heavy atom. The van der Waals surface area contributed by atoms with Crippen molar-refractivity contribution in [1.29, 1.82) is 0 Å². The second-order valence-corrected chi connectivity index (χ2v) is 5.45. The summed E-state index contributed by atoms with van der Waals surface area (Å²) < 4.78 is 5.54. The van der Waals surface area contributed by atoms with Crippen molar-refractivity contribution in [2.75, 3.05) is 13.1 Å². The second kappa shape index (κ2) is 4.52. The molecule has 1 aromatic carbocycles. The van der Waals surface area contributed by atoms with E-state index < -0.39 is 0 Å². The normalized spacial score (nSPS) is 21.4. The van der Waals surface area contributed by atoms with E-state index in [-0.39, 0.29) is 0 Å². The molecular weight excluding hydrogens is 216 g/mol. The van der Waals surface area contributed by atoms with E-state index in [0.717, 1.165) is 5.92 Å². The number of nitrogens with one attached hydrogen (secondary N) is 1. The number of nitrogens with zero attached hydrogens (tertiary/aromatic N) is 1. The van der Waals surface area contributed by atoms with Crippen LogP contribution in [0.5, 0.6) is 0 Å². The molecule has 1 aliphatic rings. The lowest BCUT2D eigenvalue weighted by Crippen LogP contribution is -2.30. The summed E-state index contributed by atoms with van der Waals surface area (Å²) in [5.74, 6) is 0.819. The molecule has 2 aromatic rings. The van der Waals surface area contributed by atoms with E-state index >= 15 is 0 Å². The predicted molar refractivity (Wildman–Crippen MR) is 68.9 cm³/mol. The van der Waals surface area contributed by atoms with E-state index in [2.05, 4.69) is 27.9 Å². The number of benzene rings is 1. The highest BCUT2D eigenvalue weighted by Gasteiger charge is 2.13. The highest BCUT2D eigenvalue weighted by molar-refractivity contribution is 7.13. The van der Waals surface area contributed by atoms with Crippen LogP contribution < -0.4 is 5.32 Å². The van der Waals surface area contributed by atoms with Crippen molar-refractivity contribution in [3.8, 4) is 0 Å². The third-order valence-electron chi connectivity index (χ3n) is 3.34. The van der Waals surface area contributed by atoms with Gasteiger partial charge in [0.2, 0.25) is 0 Å². The molecule has 1 aliphatic heterocycles. The lowest BCUT2D eigenvalue weighted by Gasteiger charge is -2.22. The molecule has 3 rings (SSSR count). The van der Waals surface area contributed by atoms with Crippen LogP contribution in [0.15, 0.2) is 24.4 Å². The summed E-state index contributed by atoms with van der Waals surface area (Å²) in [6.45, 7) is 2.38. The van der Waals surface area contributed by atoms with Gasteiger partial charge in [0.25, 0.3) is 0 Å². The second-order valence-electron chi connectivity index (χ2n) is 4.61. The van der Waals surface area contributed by atoms with Crippen molar-refractivity contribution in [3.63, 3.8) is 0 Å². The molecule has 84 valence electrons. The van der Waals surface area contributed by atoms with Crippen LogP contribution in [0.3, 0.4) is 0 Å². The summed E-state index contributed by atoms with van der Waals surface area (Å²) in [6.07, 6.45) is 5.86. The zero-order valence-corrected chi connectivity index (χ0v) is 10.1. The van der Waals surface area contributed by atoms with Gasteiger partial charge >= 0.3 is 0 Å². The SMILES string of the molecule is c1cc2cnsc2cc1CC1CCCNC1. The van der Waals surface area contributed by atoms with Crippen LogP contribution in [-0.4, -0.2) is 17.5 Å². The first-order chi connectivity index (χ1) is 7.92. The molecule has 3 heteroatoms. The van der Waals surface area contributed by atoms with Gasteiger partial charge in [-0.25, -0.2) is 0 Å². The van der Waals surface area contributed by atoms with E-state index in [9.17, 15) is 0 Å². The third-order valence-corrected chi connectivity index (χ3v) is 4.11. The van der Waals surface area contributed by atoms with Crippen molar-refractivity contribution >= 4 is 21.6 Å². The molecule has 0 radical (unpaired) electrons. The van der Waals surface area contributed by atoms with Gasteiger partial charge in [-0.15, -0.1) is 0 Å². The average Bonchev–Trinajstić information content (AvgIpc) is 2.77. The van der Waals surface area contributed by atoms with E-state index in [0.29, 0.717) is 0 Å². The van der Waals surface area contributed by atoms with Gasteiger partial charge in [-0.1, -0.05) is 12.1 Å². The zero-order valence-electron chi connectivity index (χ0n) is 9.28. The maximum atomic E-state index is 4.22. The molecule has 1 saturated heterocycles. The molecule has 2 nitrogen and oxygen atoms in total. The van der Waals surface area contributed by atoms with Crippen LogP contribution in [0.2, 0.25) is 0 Å². The summed E-state index contributed by atoms with van der Waals surface area (Å²) in [4.78, 5) is 0. The van der Waals surface area contributed by atoms with Gasteiger partial charge in [0.15, 0.2) is 0 Å². The maximum Gasteiger partial charge on any atom is 0.0552 e. The molecule has 1 atom stereocenters. The van der Waals surface area contributed by atoms with Crippen molar-refractivity contribution < 1.29 is 0 Å². The molecule has 16 heavy (non-hydrogen) atoms. The minimum Gasteiger partial charge on any atom is -0.316 e. The summed E-state index contributed by atoms with van der Waals surface area (Å²) >= 11 is 1.60. The highest BCUT2D eigenvalue weighted by atomic mass is 32.1. The van der Waals surface area contributed by atoms with Crippen molar-refractivity contribution in [2.24, 2.45) is 5.92 Å².